The molecule has 0 bridgehead atoms. The van der Waals surface area contributed by atoms with E-state index >= 15 is 0 Å². The van der Waals surface area contributed by atoms with E-state index in [1.807, 2.05) is 13.0 Å². The van der Waals surface area contributed by atoms with Crippen molar-refractivity contribution in [1.82, 2.24) is 4.90 Å². The van der Waals surface area contributed by atoms with Crippen LogP contribution in [0.4, 0.5) is 0 Å². The Morgan fingerprint density at radius 2 is 2.05 bits per heavy atom. The quantitative estimate of drug-likeness (QED) is 0.538. The van der Waals surface area contributed by atoms with Gasteiger partial charge in [-0.25, -0.2) is 0 Å². The number of hydrogen-bond acceptors (Lipinski definition) is 2. The molecule has 1 amide bonds. The Morgan fingerprint density at radius 1 is 1.36 bits per heavy atom. The van der Waals surface area contributed by atoms with Gasteiger partial charge >= 0.3 is 0 Å². The fraction of sp³-hybridized carbons (Fsp3) is 0.471. The summed E-state index contributed by atoms with van der Waals surface area (Å²) in [6.07, 6.45) is 3.22. The van der Waals surface area contributed by atoms with Crippen LogP contribution >= 0.6 is 23.2 Å². The predicted molar refractivity (Wildman–Crippen MR) is 92.7 cm³/mol. The number of carbonyl (C=O) groups is 1. The third kappa shape index (κ3) is 6.29. The summed E-state index contributed by atoms with van der Waals surface area (Å²) in [5.74, 6) is 0.992. The molecule has 1 atom stereocenters. The van der Waals surface area contributed by atoms with Crippen molar-refractivity contribution in [1.29, 1.82) is 0 Å². The van der Waals surface area contributed by atoms with Crippen LogP contribution in [0.25, 0.3) is 0 Å². The average Bonchev–Trinajstić information content (AvgIpc) is 2.45. The monoisotopic (exact) mass is 343 g/mol. The second-order valence-electron chi connectivity index (χ2n) is 5.61. The van der Waals surface area contributed by atoms with E-state index in [4.69, 9.17) is 27.9 Å². The van der Waals surface area contributed by atoms with Gasteiger partial charge < -0.3 is 9.64 Å². The zero-order valence-corrected chi connectivity index (χ0v) is 15.0. The maximum absolute atomic E-state index is 12.4. The third-order valence-electron chi connectivity index (χ3n) is 3.01. The number of hydrogen-bond donors (Lipinski definition) is 0. The molecule has 22 heavy (non-hydrogen) atoms. The van der Waals surface area contributed by atoms with E-state index in [1.54, 1.807) is 30.2 Å². The van der Waals surface area contributed by atoms with Crippen LogP contribution in [0.5, 0.6) is 5.75 Å². The van der Waals surface area contributed by atoms with E-state index < -0.39 is 0 Å². The van der Waals surface area contributed by atoms with Crippen molar-refractivity contribution >= 4 is 29.1 Å². The number of carbonyl (C=O) groups excluding carboxylic acids is 1. The van der Waals surface area contributed by atoms with Gasteiger partial charge in [-0.2, -0.15) is 0 Å². The van der Waals surface area contributed by atoms with Crippen molar-refractivity contribution < 1.29 is 9.53 Å². The molecular weight excluding hydrogens is 321 g/mol. The summed E-state index contributed by atoms with van der Waals surface area (Å²) in [7, 11) is 1.60. The first-order valence-electron chi connectivity index (χ1n) is 7.27. The van der Waals surface area contributed by atoms with Crippen molar-refractivity contribution in [3.63, 3.8) is 0 Å². The number of methoxy groups -OCH3 is 1. The molecule has 0 spiro atoms. The Morgan fingerprint density at radius 3 is 2.59 bits per heavy atom. The Bertz CT molecular complexity index is 527. The van der Waals surface area contributed by atoms with Crippen LogP contribution < -0.4 is 4.74 Å². The highest BCUT2D eigenvalue weighted by Gasteiger charge is 2.15. The van der Waals surface area contributed by atoms with Gasteiger partial charge in [-0.05, 0) is 25.0 Å². The highest BCUT2D eigenvalue weighted by molar-refractivity contribution is 6.30. The SMILES string of the molecule is COc1cc(Cl)ccc1CN(CC(C)C)C(=O)/C=C/C(C)Cl. The average molecular weight is 344 g/mol. The molecule has 1 rings (SSSR count). The Labute approximate surface area is 142 Å². The molecule has 0 saturated heterocycles. The van der Waals surface area contributed by atoms with E-state index in [9.17, 15) is 4.79 Å². The minimum atomic E-state index is -0.171. The van der Waals surface area contributed by atoms with E-state index in [0.717, 1.165) is 5.56 Å². The number of rotatable bonds is 7. The van der Waals surface area contributed by atoms with Crippen LogP contribution in [0.2, 0.25) is 5.02 Å². The van der Waals surface area contributed by atoms with Gasteiger partial charge in [-0.15, -0.1) is 11.6 Å². The zero-order chi connectivity index (χ0) is 16.7. The summed E-state index contributed by atoms with van der Waals surface area (Å²) in [5.41, 5.74) is 0.924. The normalized spacial score (nSPS) is 12.7. The smallest absolute Gasteiger partial charge is 0.246 e. The summed E-state index contributed by atoms with van der Waals surface area (Å²) in [6.45, 7) is 7.10. The number of nitrogens with zero attached hydrogens (tertiary/aromatic N) is 1. The molecule has 0 N–H and O–H groups in total. The van der Waals surface area contributed by atoms with E-state index in [1.165, 1.54) is 6.08 Å². The molecule has 122 valence electrons. The first-order chi connectivity index (χ1) is 10.3. The highest BCUT2D eigenvalue weighted by atomic mass is 35.5. The van der Waals surface area contributed by atoms with Crippen molar-refractivity contribution in [3.8, 4) is 5.75 Å². The van der Waals surface area contributed by atoms with Gasteiger partial charge in [-0.1, -0.05) is 37.6 Å². The fourth-order valence-corrected chi connectivity index (χ4v) is 2.28. The number of alkyl halides is 1. The third-order valence-corrected chi connectivity index (χ3v) is 3.39. The van der Waals surface area contributed by atoms with Crippen molar-refractivity contribution in [2.75, 3.05) is 13.7 Å². The van der Waals surface area contributed by atoms with Crippen LogP contribution in [0, 0.1) is 5.92 Å². The highest BCUT2D eigenvalue weighted by Crippen LogP contribution is 2.24. The molecule has 0 radical (unpaired) electrons. The van der Waals surface area contributed by atoms with Gasteiger partial charge in [0.25, 0.3) is 0 Å². The molecule has 5 heteroatoms. The van der Waals surface area contributed by atoms with Crippen LogP contribution in [0.15, 0.2) is 30.4 Å². The molecule has 0 fully saturated rings. The van der Waals surface area contributed by atoms with Gasteiger partial charge in [0.15, 0.2) is 0 Å². The minimum absolute atomic E-state index is 0.0572. The molecule has 1 aromatic carbocycles. The fourth-order valence-electron chi connectivity index (χ4n) is 2.05. The number of amides is 1. The number of halogens is 2. The summed E-state index contributed by atoms with van der Waals surface area (Å²) in [4.78, 5) is 14.2. The number of ether oxygens (including phenoxy) is 1. The second-order valence-corrected chi connectivity index (χ2v) is 6.73. The summed E-state index contributed by atoms with van der Waals surface area (Å²) in [5, 5.41) is 0.438. The van der Waals surface area contributed by atoms with Crippen molar-refractivity contribution in [3.05, 3.63) is 40.9 Å². The summed E-state index contributed by atoms with van der Waals surface area (Å²) in [6, 6.07) is 5.44. The molecule has 3 nitrogen and oxygen atoms in total. The lowest BCUT2D eigenvalue weighted by molar-refractivity contribution is -0.127. The van der Waals surface area contributed by atoms with E-state index in [0.29, 0.717) is 29.8 Å². The molecule has 0 saturated carbocycles. The Balaban J connectivity index is 2.96. The molecule has 0 aliphatic carbocycles. The lowest BCUT2D eigenvalue weighted by Gasteiger charge is -2.24. The van der Waals surface area contributed by atoms with Gasteiger partial charge in [0.2, 0.25) is 5.91 Å². The van der Waals surface area contributed by atoms with E-state index in [-0.39, 0.29) is 11.3 Å². The minimum Gasteiger partial charge on any atom is -0.496 e. The first kappa shape index (κ1) is 18.9. The predicted octanol–water partition coefficient (Wildman–Crippen LogP) is 4.52. The van der Waals surface area contributed by atoms with Crippen LogP contribution in [0.3, 0.4) is 0 Å². The summed E-state index contributed by atoms with van der Waals surface area (Å²) >= 11 is 11.8. The number of benzene rings is 1. The van der Waals surface area contributed by atoms with Gasteiger partial charge in [0, 0.05) is 35.1 Å². The molecule has 0 aliphatic heterocycles. The van der Waals surface area contributed by atoms with Gasteiger partial charge in [0.05, 0.1) is 7.11 Å². The summed E-state index contributed by atoms with van der Waals surface area (Å²) < 4.78 is 5.35. The van der Waals surface area contributed by atoms with Crippen LogP contribution in [-0.2, 0) is 11.3 Å². The molecule has 1 aromatic rings. The van der Waals surface area contributed by atoms with Gasteiger partial charge in [0.1, 0.15) is 5.75 Å². The Hall–Kier alpha value is -1.19. The molecular formula is C17H23Cl2NO2. The first-order valence-corrected chi connectivity index (χ1v) is 8.08. The second kappa shape index (κ2) is 9.06. The van der Waals surface area contributed by atoms with Crippen molar-refractivity contribution in [2.24, 2.45) is 5.92 Å². The lowest BCUT2D eigenvalue weighted by Crippen LogP contribution is -2.32. The maximum atomic E-state index is 12.4. The molecule has 0 heterocycles. The topological polar surface area (TPSA) is 29.5 Å². The lowest BCUT2D eigenvalue weighted by atomic mass is 10.1. The molecule has 0 aromatic heterocycles. The molecule has 0 aliphatic rings. The van der Waals surface area contributed by atoms with Crippen LogP contribution in [-0.4, -0.2) is 29.8 Å². The van der Waals surface area contributed by atoms with E-state index in [2.05, 4.69) is 13.8 Å². The zero-order valence-electron chi connectivity index (χ0n) is 13.5. The Kier molecular flexibility index (Phi) is 7.77. The number of allylic oxidation sites excluding steroid dienone is 1. The molecule has 1 unspecified atom stereocenters. The van der Waals surface area contributed by atoms with Crippen molar-refractivity contribution in [2.45, 2.75) is 32.7 Å². The van der Waals surface area contributed by atoms with Crippen LogP contribution in [0.1, 0.15) is 26.3 Å². The van der Waals surface area contributed by atoms with Gasteiger partial charge in [-0.3, -0.25) is 4.79 Å². The standard InChI is InChI=1S/C17H23Cl2NO2/c1-12(2)10-20(17(21)8-5-13(3)18)11-14-6-7-15(19)9-16(14)22-4/h5-9,12-13H,10-11H2,1-4H3/b8-5+. The maximum Gasteiger partial charge on any atom is 0.246 e. The largest absolute Gasteiger partial charge is 0.496 e.